The van der Waals surface area contributed by atoms with Crippen molar-refractivity contribution >= 4 is 17.5 Å². The van der Waals surface area contributed by atoms with Crippen molar-refractivity contribution in [2.75, 3.05) is 7.11 Å². The van der Waals surface area contributed by atoms with Crippen LogP contribution in [0.25, 0.3) is 11.3 Å². The Morgan fingerprint density at radius 2 is 2.19 bits per heavy atom. The number of carboxylic acid groups (broad SMARTS) is 1. The van der Waals surface area contributed by atoms with E-state index in [0.29, 0.717) is 17.0 Å². The Bertz CT molecular complexity index is 521. The summed E-state index contributed by atoms with van der Waals surface area (Å²) in [6.07, 6.45) is 0. The van der Waals surface area contributed by atoms with Crippen LogP contribution >= 0.6 is 11.5 Å². The second-order valence-electron chi connectivity index (χ2n) is 3.08. The van der Waals surface area contributed by atoms with Gasteiger partial charge in [0.2, 0.25) is 0 Å². The zero-order chi connectivity index (χ0) is 11.5. The lowest BCUT2D eigenvalue weighted by Gasteiger charge is -2.06. The van der Waals surface area contributed by atoms with Crippen molar-refractivity contribution in [3.05, 3.63) is 35.2 Å². The summed E-state index contributed by atoms with van der Waals surface area (Å²) in [4.78, 5) is 11.0. The van der Waals surface area contributed by atoms with Gasteiger partial charge in [-0.1, -0.05) is 12.1 Å². The van der Waals surface area contributed by atoms with Crippen molar-refractivity contribution in [1.29, 1.82) is 0 Å². The lowest BCUT2D eigenvalue weighted by molar-refractivity contribution is 0.0698. The first-order valence-corrected chi connectivity index (χ1v) is 5.38. The Labute approximate surface area is 96.3 Å². The van der Waals surface area contributed by atoms with Crippen molar-refractivity contribution in [2.45, 2.75) is 0 Å². The fourth-order valence-corrected chi connectivity index (χ4v) is 2.10. The highest BCUT2D eigenvalue weighted by Crippen LogP contribution is 2.31. The number of nitrogens with zero attached hydrogens (tertiary/aromatic N) is 1. The van der Waals surface area contributed by atoms with E-state index in [4.69, 9.17) is 9.84 Å². The van der Waals surface area contributed by atoms with Crippen LogP contribution in [0.1, 0.15) is 10.4 Å². The van der Waals surface area contributed by atoms with Gasteiger partial charge in [-0.2, -0.15) is 4.37 Å². The van der Waals surface area contributed by atoms with Crippen LogP contribution in [-0.2, 0) is 0 Å². The third-order valence-electron chi connectivity index (χ3n) is 2.16. The van der Waals surface area contributed by atoms with E-state index >= 15 is 0 Å². The molecular weight excluding hydrogens is 226 g/mol. The number of carboxylic acids is 1. The lowest BCUT2D eigenvalue weighted by Crippen LogP contribution is -1.97. The first kappa shape index (κ1) is 10.6. The molecule has 0 unspecified atom stereocenters. The quantitative estimate of drug-likeness (QED) is 0.888. The third kappa shape index (κ3) is 1.77. The third-order valence-corrected chi connectivity index (χ3v) is 2.79. The van der Waals surface area contributed by atoms with E-state index in [1.807, 2.05) is 12.1 Å². The largest absolute Gasteiger partial charge is 0.496 e. The topological polar surface area (TPSA) is 59.4 Å². The molecule has 0 bridgehead atoms. The van der Waals surface area contributed by atoms with Gasteiger partial charge < -0.3 is 9.84 Å². The first-order valence-electron chi connectivity index (χ1n) is 4.55. The van der Waals surface area contributed by atoms with Crippen molar-refractivity contribution in [1.82, 2.24) is 4.37 Å². The van der Waals surface area contributed by atoms with E-state index in [2.05, 4.69) is 4.37 Å². The lowest BCUT2D eigenvalue weighted by atomic mass is 10.1. The Morgan fingerprint density at radius 1 is 1.44 bits per heavy atom. The number of rotatable bonds is 3. The summed E-state index contributed by atoms with van der Waals surface area (Å²) < 4.78 is 9.27. The van der Waals surface area contributed by atoms with Crippen LogP contribution in [0, 0.1) is 0 Å². The Hall–Kier alpha value is -1.88. The van der Waals surface area contributed by atoms with Crippen molar-refractivity contribution in [3.63, 3.8) is 0 Å². The molecule has 1 aromatic carbocycles. The summed E-state index contributed by atoms with van der Waals surface area (Å²) in [5, 5.41) is 10.5. The summed E-state index contributed by atoms with van der Waals surface area (Å²) in [5.74, 6) is -0.356. The van der Waals surface area contributed by atoms with Crippen LogP contribution < -0.4 is 4.74 Å². The van der Waals surface area contributed by atoms with Crippen LogP contribution in [-0.4, -0.2) is 22.6 Å². The maximum Gasteiger partial charge on any atom is 0.338 e. The molecule has 1 N–H and O–H groups in total. The minimum Gasteiger partial charge on any atom is -0.496 e. The molecule has 4 nitrogen and oxygen atoms in total. The second kappa shape index (κ2) is 4.32. The average molecular weight is 235 g/mol. The van der Waals surface area contributed by atoms with Gasteiger partial charge in [-0.25, -0.2) is 4.79 Å². The number of hydrogen-bond acceptors (Lipinski definition) is 4. The van der Waals surface area contributed by atoms with Gasteiger partial charge in [0.1, 0.15) is 11.4 Å². The van der Waals surface area contributed by atoms with Crippen LogP contribution in [0.3, 0.4) is 0 Å². The number of aromatic carboxylic acids is 1. The molecule has 1 aromatic heterocycles. The van der Waals surface area contributed by atoms with Crippen LogP contribution in [0.4, 0.5) is 0 Å². The minimum atomic E-state index is -0.977. The monoisotopic (exact) mass is 235 g/mol. The summed E-state index contributed by atoms with van der Waals surface area (Å²) >= 11 is 1.12. The average Bonchev–Trinajstić information content (AvgIpc) is 2.77. The number of methoxy groups -OCH3 is 1. The molecule has 16 heavy (non-hydrogen) atoms. The molecule has 0 aliphatic heterocycles. The summed E-state index contributed by atoms with van der Waals surface area (Å²) in [7, 11) is 1.55. The van der Waals surface area contributed by atoms with Crippen molar-refractivity contribution in [2.24, 2.45) is 0 Å². The van der Waals surface area contributed by atoms with E-state index in [0.717, 1.165) is 11.5 Å². The van der Waals surface area contributed by atoms with Crippen LogP contribution in [0.5, 0.6) is 5.75 Å². The highest BCUT2D eigenvalue weighted by molar-refractivity contribution is 7.04. The molecule has 0 amide bonds. The molecule has 82 valence electrons. The van der Waals surface area contributed by atoms with E-state index in [1.54, 1.807) is 19.2 Å². The van der Waals surface area contributed by atoms with Gasteiger partial charge in [0.15, 0.2) is 0 Å². The van der Waals surface area contributed by atoms with Gasteiger partial charge in [-0.15, -0.1) is 0 Å². The number of para-hydroxylation sites is 1. The molecule has 0 aliphatic carbocycles. The summed E-state index contributed by atoms with van der Waals surface area (Å²) in [5.41, 5.74) is 1.35. The maximum atomic E-state index is 11.0. The molecule has 2 aromatic rings. The highest BCUT2D eigenvalue weighted by atomic mass is 32.1. The van der Waals surface area contributed by atoms with Crippen molar-refractivity contribution in [3.8, 4) is 17.0 Å². The molecule has 0 atom stereocenters. The standard InChI is InChI=1S/C11H9NO3S/c1-15-9-5-3-2-4-7(9)10-8(11(13)14)6-16-12-10/h2-6H,1H3,(H,13,14). The summed E-state index contributed by atoms with van der Waals surface area (Å²) in [6.45, 7) is 0. The zero-order valence-electron chi connectivity index (χ0n) is 8.51. The smallest absolute Gasteiger partial charge is 0.338 e. The van der Waals surface area contributed by atoms with Gasteiger partial charge >= 0.3 is 5.97 Å². The fraction of sp³-hybridized carbons (Fsp3) is 0.0909. The second-order valence-corrected chi connectivity index (χ2v) is 3.71. The molecule has 0 spiro atoms. The molecule has 1 heterocycles. The fourth-order valence-electron chi connectivity index (χ4n) is 1.42. The van der Waals surface area contributed by atoms with Gasteiger partial charge in [-0.05, 0) is 23.7 Å². The molecule has 0 saturated carbocycles. The Kier molecular flexibility index (Phi) is 2.87. The van der Waals surface area contributed by atoms with Gasteiger partial charge in [0.25, 0.3) is 0 Å². The van der Waals surface area contributed by atoms with E-state index in [9.17, 15) is 4.79 Å². The number of aromatic nitrogens is 1. The maximum absolute atomic E-state index is 11.0. The summed E-state index contributed by atoms with van der Waals surface area (Å²) in [6, 6.07) is 7.22. The minimum absolute atomic E-state index is 0.203. The molecule has 0 saturated heterocycles. The molecule has 0 aliphatic rings. The number of hydrogen-bond donors (Lipinski definition) is 1. The predicted octanol–water partition coefficient (Wildman–Crippen LogP) is 2.52. The normalized spacial score (nSPS) is 10.1. The molecule has 2 rings (SSSR count). The van der Waals surface area contributed by atoms with Gasteiger partial charge in [0, 0.05) is 10.9 Å². The number of ether oxygens (including phenoxy) is 1. The molecule has 0 fully saturated rings. The molecule has 0 radical (unpaired) electrons. The predicted molar refractivity (Wildman–Crippen MR) is 61.1 cm³/mol. The van der Waals surface area contributed by atoms with Gasteiger partial charge in [-0.3, -0.25) is 0 Å². The van der Waals surface area contributed by atoms with E-state index in [1.165, 1.54) is 5.38 Å². The van der Waals surface area contributed by atoms with Crippen LogP contribution in [0.15, 0.2) is 29.6 Å². The van der Waals surface area contributed by atoms with E-state index in [-0.39, 0.29) is 5.56 Å². The van der Waals surface area contributed by atoms with Gasteiger partial charge in [0.05, 0.1) is 12.7 Å². The highest BCUT2D eigenvalue weighted by Gasteiger charge is 2.17. The Morgan fingerprint density at radius 3 is 2.88 bits per heavy atom. The zero-order valence-corrected chi connectivity index (χ0v) is 9.32. The number of benzene rings is 1. The van der Waals surface area contributed by atoms with Crippen LogP contribution in [0.2, 0.25) is 0 Å². The van der Waals surface area contributed by atoms with E-state index < -0.39 is 5.97 Å². The SMILES string of the molecule is COc1ccccc1-c1nscc1C(=O)O. The number of carbonyl (C=O) groups is 1. The molecular formula is C11H9NO3S. The van der Waals surface area contributed by atoms with Crippen molar-refractivity contribution < 1.29 is 14.6 Å². The first-order chi connectivity index (χ1) is 7.74. The Balaban J connectivity index is 2.58. The molecule has 5 heteroatoms.